The lowest BCUT2D eigenvalue weighted by Crippen LogP contribution is -2.46. The monoisotopic (exact) mass is 398 g/mol. The maximum absolute atomic E-state index is 13.0. The Kier molecular flexibility index (Phi) is 7.76. The molecule has 1 amide bonds. The van der Waals surface area contributed by atoms with Crippen LogP contribution >= 0.6 is 35.3 Å². The number of piperidine rings is 1. The van der Waals surface area contributed by atoms with E-state index in [4.69, 9.17) is 11.6 Å². The molecule has 1 N–H and O–H groups in total. The van der Waals surface area contributed by atoms with Crippen LogP contribution in [-0.4, -0.2) is 36.5 Å². The van der Waals surface area contributed by atoms with E-state index in [0.29, 0.717) is 6.04 Å². The predicted molar refractivity (Wildman–Crippen MR) is 109 cm³/mol. The molecule has 6 heteroatoms. The van der Waals surface area contributed by atoms with Crippen LogP contribution in [0.5, 0.6) is 0 Å². The van der Waals surface area contributed by atoms with Crippen molar-refractivity contribution in [3.05, 3.63) is 46.3 Å². The van der Waals surface area contributed by atoms with Crippen LogP contribution in [0, 0.1) is 0 Å². The van der Waals surface area contributed by atoms with Gasteiger partial charge < -0.3 is 10.2 Å². The summed E-state index contributed by atoms with van der Waals surface area (Å²) in [5, 5.41) is 4.10. The van der Waals surface area contributed by atoms with Crippen LogP contribution in [0.2, 0.25) is 5.02 Å². The van der Waals surface area contributed by atoms with E-state index in [2.05, 4.69) is 17.1 Å². The Morgan fingerprint density at radius 1 is 1.20 bits per heavy atom. The van der Waals surface area contributed by atoms with Crippen LogP contribution in [0.15, 0.2) is 36.4 Å². The molecule has 0 saturated carbocycles. The maximum Gasteiger partial charge on any atom is 0.264 e. The quantitative estimate of drug-likeness (QED) is 0.759. The molecule has 0 radical (unpaired) electrons. The van der Waals surface area contributed by atoms with E-state index in [1.54, 1.807) is 11.3 Å². The Bertz CT molecular complexity index is 681. The van der Waals surface area contributed by atoms with Gasteiger partial charge >= 0.3 is 0 Å². The minimum atomic E-state index is 0. The largest absolute Gasteiger partial charge is 0.335 e. The molecular weight excluding hydrogens is 375 g/mol. The molecule has 1 fully saturated rings. The first-order valence-corrected chi connectivity index (χ1v) is 9.76. The van der Waals surface area contributed by atoms with Gasteiger partial charge in [0.05, 0.1) is 4.88 Å². The van der Waals surface area contributed by atoms with E-state index < -0.39 is 0 Å². The Hall–Kier alpha value is -1.07. The highest BCUT2D eigenvalue weighted by atomic mass is 35.5. The minimum absolute atomic E-state index is 0. The predicted octanol–water partition coefficient (Wildman–Crippen LogP) is 5.09. The number of benzene rings is 1. The van der Waals surface area contributed by atoms with Crippen molar-refractivity contribution in [1.82, 2.24) is 10.2 Å². The lowest BCUT2D eigenvalue weighted by molar-refractivity contribution is 0.0647. The van der Waals surface area contributed by atoms with Crippen LogP contribution in [0.4, 0.5) is 0 Å². The van der Waals surface area contributed by atoms with E-state index in [1.807, 2.05) is 36.4 Å². The number of thiophene rings is 1. The van der Waals surface area contributed by atoms with E-state index in [-0.39, 0.29) is 18.3 Å². The topological polar surface area (TPSA) is 32.3 Å². The van der Waals surface area contributed by atoms with Crippen molar-refractivity contribution in [3.8, 4) is 10.4 Å². The molecule has 0 atom stereocenters. The summed E-state index contributed by atoms with van der Waals surface area (Å²) in [4.78, 5) is 17.0. The summed E-state index contributed by atoms with van der Waals surface area (Å²) < 4.78 is 0. The van der Waals surface area contributed by atoms with Gasteiger partial charge in [-0.1, -0.05) is 30.7 Å². The average Bonchev–Trinajstić information content (AvgIpc) is 3.10. The summed E-state index contributed by atoms with van der Waals surface area (Å²) in [5.74, 6) is 0.175. The van der Waals surface area contributed by atoms with Crippen molar-refractivity contribution in [2.75, 3.05) is 19.6 Å². The fourth-order valence-corrected chi connectivity index (χ4v) is 4.27. The van der Waals surface area contributed by atoms with E-state index in [9.17, 15) is 4.79 Å². The SMILES string of the molecule is CCCN(C(=O)c1ccc(-c2ccc(Cl)cc2)s1)C1CCNCC1.Cl. The molecule has 2 aromatic rings. The molecule has 0 unspecified atom stereocenters. The zero-order valence-corrected chi connectivity index (χ0v) is 16.7. The second-order valence-electron chi connectivity index (χ2n) is 6.15. The summed E-state index contributed by atoms with van der Waals surface area (Å²) in [6.07, 6.45) is 3.08. The van der Waals surface area contributed by atoms with Crippen LogP contribution in [0.25, 0.3) is 10.4 Å². The molecule has 0 spiro atoms. The minimum Gasteiger partial charge on any atom is -0.335 e. The average molecular weight is 399 g/mol. The highest BCUT2D eigenvalue weighted by Crippen LogP contribution is 2.30. The van der Waals surface area contributed by atoms with Crippen molar-refractivity contribution < 1.29 is 4.79 Å². The number of rotatable bonds is 5. The normalized spacial score (nSPS) is 14.8. The third-order valence-corrected chi connectivity index (χ3v) is 5.79. The third kappa shape index (κ3) is 4.98. The number of nitrogens with one attached hydrogen (secondary N) is 1. The summed E-state index contributed by atoms with van der Waals surface area (Å²) in [6.45, 7) is 4.96. The number of nitrogens with zero attached hydrogens (tertiary/aromatic N) is 1. The smallest absolute Gasteiger partial charge is 0.264 e. The molecule has 0 aliphatic carbocycles. The van der Waals surface area contributed by atoms with Crippen LogP contribution in [0.1, 0.15) is 35.9 Å². The summed E-state index contributed by atoms with van der Waals surface area (Å²) >= 11 is 7.52. The van der Waals surface area contributed by atoms with Gasteiger partial charge in [0.25, 0.3) is 5.91 Å². The molecule has 0 bridgehead atoms. The summed E-state index contributed by atoms with van der Waals surface area (Å²) in [5.41, 5.74) is 1.10. The van der Waals surface area contributed by atoms with Gasteiger partial charge in [0.15, 0.2) is 0 Å². The van der Waals surface area contributed by atoms with Gasteiger partial charge in [-0.2, -0.15) is 0 Å². The van der Waals surface area contributed by atoms with E-state index in [0.717, 1.165) is 59.2 Å². The second-order valence-corrected chi connectivity index (χ2v) is 7.67. The van der Waals surface area contributed by atoms with Gasteiger partial charge in [0.1, 0.15) is 0 Å². The molecule has 1 aliphatic rings. The summed E-state index contributed by atoms with van der Waals surface area (Å²) in [7, 11) is 0. The van der Waals surface area contributed by atoms with Crippen LogP contribution in [-0.2, 0) is 0 Å². The molecule has 25 heavy (non-hydrogen) atoms. The number of carbonyl (C=O) groups is 1. The number of amides is 1. The molecule has 2 heterocycles. The highest BCUT2D eigenvalue weighted by molar-refractivity contribution is 7.17. The number of hydrogen-bond acceptors (Lipinski definition) is 3. The molecule has 1 saturated heterocycles. The lowest BCUT2D eigenvalue weighted by atomic mass is 10.0. The van der Waals surface area contributed by atoms with Gasteiger partial charge in [-0.3, -0.25) is 4.79 Å². The first kappa shape index (κ1) is 20.2. The van der Waals surface area contributed by atoms with Gasteiger partial charge in [0.2, 0.25) is 0 Å². The molecule has 1 aromatic heterocycles. The standard InChI is InChI=1S/C19H23ClN2OS.ClH/c1-2-13-22(16-9-11-21-12-10-16)19(23)18-8-7-17(24-18)14-3-5-15(20)6-4-14;/h3-8,16,21H,2,9-13H2,1H3;1H. The Morgan fingerprint density at radius 3 is 2.52 bits per heavy atom. The van der Waals surface area contributed by atoms with Crippen molar-refractivity contribution in [2.45, 2.75) is 32.2 Å². The molecule has 1 aromatic carbocycles. The van der Waals surface area contributed by atoms with Gasteiger partial charge in [0, 0.05) is 22.5 Å². The molecule has 1 aliphatic heterocycles. The number of carbonyl (C=O) groups excluding carboxylic acids is 1. The van der Waals surface area contributed by atoms with Crippen LogP contribution in [0.3, 0.4) is 0 Å². The fraction of sp³-hybridized carbons (Fsp3) is 0.421. The fourth-order valence-electron chi connectivity index (χ4n) is 3.17. The van der Waals surface area contributed by atoms with Gasteiger partial charge in [-0.15, -0.1) is 23.7 Å². The van der Waals surface area contributed by atoms with Crippen molar-refractivity contribution in [3.63, 3.8) is 0 Å². The second kappa shape index (κ2) is 9.58. The van der Waals surface area contributed by atoms with Crippen molar-refractivity contribution in [2.24, 2.45) is 0 Å². The van der Waals surface area contributed by atoms with E-state index in [1.165, 1.54) is 0 Å². The Morgan fingerprint density at radius 2 is 1.88 bits per heavy atom. The highest BCUT2D eigenvalue weighted by Gasteiger charge is 2.26. The Balaban J connectivity index is 0.00000225. The van der Waals surface area contributed by atoms with Crippen molar-refractivity contribution >= 4 is 41.3 Å². The molecule has 3 rings (SSSR count). The zero-order chi connectivity index (χ0) is 16.9. The van der Waals surface area contributed by atoms with Crippen molar-refractivity contribution in [1.29, 1.82) is 0 Å². The maximum atomic E-state index is 13.0. The number of halogens is 2. The first-order chi connectivity index (χ1) is 11.7. The first-order valence-electron chi connectivity index (χ1n) is 8.56. The molecule has 136 valence electrons. The van der Waals surface area contributed by atoms with Crippen LogP contribution < -0.4 is 5.32 Å². The lowest BCUT2D eigenvalue weighted by Gasteiger charge is -2.34. The molecular formula is C19H24Cl2N2OS. The zero-order valence-electron chi connectivity index (χ0n) is 14.3. The third-order valence-electron chi connectivity index (χ3n) is 4.42. The molecule has 3 nitrogen and oxygen atoms in total. The van der Waals surface area contributed by atoms with E-state index >= 15 is 0 Å². The van der Waals surface area contributed by atoms with Gasteiger partial charge in [-0.25, -0.2) is 0 Å². The van der Waals surface area contributed by atoms with Gasteiger partial charge in [-0.05, 0) is 62.2 Å². The Labute approximate surface area is 164 Å². The number of hydrogen-bond donors (Lipinski definition) is 1. The summed E-state index contributed by atoms with van der Waals surface area (Å²) in [6, 6.07) is 12.1.